The third-order valence-electron chi connectivity index (χ3n) is 7.56. The number of aromatic nitrogens is 3. The summed E-state index contributed by atoms with van der Waals surface area (Å²) in [4.78, 5) is 14.4. The Balaban J connectivity index is 1.32. The summed E-state index contributed by atoms with van der Waals surface area (Å²) in [6.07, 6.45) is 3.77. The summed E-state index contributed by atoms with van der Waals surface area (Å²) in [5.74, 6) is 0. The SMILES string of the molecule is CC1(C)c2cc(-c3ccccc3)ccc2-c2nc(-c3cnc4ncc(-c5ccccc5)cc4c3)ccc21. The Hall–Kier alpha value is -4.63. The molecular formula is C34H25N3. The van der Waals surface area contributed by atoms with Gasteiger partial charge in [0.05, 0.1) is 11.4 Å². The molecule has 7 rings (SSSR count). The number of hydrogen-bond donors (Lipinski definition) is 0. The van der Waals surface area contributed by atoms with E-state index in [1.165, 1.54) is 27.8 Å². The summed E-state index contributed by atoms with van der Waals surface area (Å²) in [6.45, 7) is 4.59. The molecule has 0 saturated carbocycles. The van der Waals surface area contributed by atoms with Crippen LogP contribution in [0.5, 0.6) is 0 Å². The molecule has 0 bridgehead atoms. The van der Waals surface area contributed by atoms with E-state index in [2.05, 4.69) is 109 Å². The molecule has 0 spiro atoms. The molecule has 3 heteroatoms. The molecule has 0 saturated heterocycles. The molecule has 37 heavy (non-hydrogen) atoms. The molecule has 0 atom stereocenters. The summed E-state index contributed by atoms with van der Waals surface area (Å²) < 4.78 is 0. The number of benzene rings is 3. The van der Waals surface area contributed by atoms with Crippen LogP contribution in [0.15, 0.2) is 116 Å². The Labute approximate surface area is 216 Å². The highest BCUT2D eigenvalue weighted by atomic mass is 14.8. The molecule has 6 aromatic rings. The van der Waals surface area contributed by atoms with Crippen molar-refractivity contribution in [2.75, 3.05) is 0 Å². The van der Waals surface area contributed by atoms with Crippen molar-refractivity contribution in [1.82, 2.24) is 15.0 Å². The maximum absolute atomic E-state index is 5.19. The molecule has 176 valence electrons. The van der Waals surface area contributed by atoms with E-state index in [-0.39, 0.29) is 5.41 Å². The van der Waals surface area contributed by atoms with E-state index in [9.17, 15) is 0 Å². The summed E-state index contributed by atoms with van der Waals surface area (Å²) >= 11 is 0. The first-order valence-corrected chi connectivity index (χ1v) is 12.6. The van der Waals surface area contributed by atoms with Crippen LogP contribution in [-0.2, 0) is 5.41 Å². The number of fused-ring (bicyclic) bond motifs is 4. The fraction of sp³-hybridized carbons (Fsp3) is 0.0882. The molecule has 1 aliphatic rings. The molecular weight excluding hydrogens is 450 g/mol. The molecule has 0 amide bonds. The van der Waals surface area contributed by atoms with Crippen LogP contribution < -0.4 is 0 Å². The van der Waals surface area contributed by atoms with Gasteiger partial charge in [0.25, 0.3) is 0 Å². The Kier molecular flexibility index (Phi) is 4.80. The molecule has 3 aromatic carbocycles. The van der Waals surface area contributed by atoms with Crippen molar-refractivity contribution in [3.63, 3.8) is 0 Å². The first-order valence-electron chi connectivity index (χ1n) is 12.6. The van der Waals surface area contributed by atoms with E-state index >= 15 is 0 Å². The highest BCUT2D eigenvalue weighted by molar-refractivity contribution is 5.86. The third kappa shape index (κ3) is 3.54. The molecule has 1 aliphatic carbocycles. The molecule has 0 fully saturated rings. The lowest BCUT2D eigenvalue weighted by Crippen LogP contribution is -2.15. The minimum absolute atomic E-state index is 0.114. The quantitative estimate of drug-likeness (QED) is 0.258. The first-order chi connectivity index (χ1) is 18.1. The van der Waals surface area contributed by atoms with Crippen LogP contribution in [-0.4, -0.2) is 15.0 Å². The van der Waals surface area contributed by atoms with E-state index in [0.717, 1.165) is 39.1 Å². The van der Waals surface area contributed by atoms with Gasteiger partial charge in [-0.3, -0.25) is 0 Å². The van der Waals surface area contributed by atoms with Crippen LogP contribution in [0, 0.1) is 0 Å². The van der Waals surface area contributed by atoms with Gasteiger partial charge in [-0.1, -0.05) is 92.7 Å². The number of rotatable bonds is 3. The van der Waals surface area contributed by atoms with Crippen LogP contribution in [0.3, 0.4) is 0 Å². The van der Waals surface area contributed by atoms with Crippen molar-refractivity contribution in [3.05, 3.63) is 127 Å². The van der Waals surface area contributed by atoms with Crippen LogP contribution in [0.25, 0.3) is 55.8 Å². The Morgan fingerprint density at radius 1 is 0.541 bits per heavy atom. The molecule has 3 aromatic heterocycles. The van der Waals surface area contributed by atoms with Crippen LogP contribution >= 0.6 is 0 Å². The van der Waals surface area contributed by atoms with Gasteiger partial charge >= 0.3 is 0 Å². The van der Waals surface area contributed by atoms with Crippen molar-refractivity contribution >= 4 is 11.0 Å². The zero-order valence-electron chi connectivity index (χ0n) is 20.8. The van der Waals surface area contributed by atoms with Gasteiger partial charge in [0, 0.05) is 39.9 Å². The second kappa shape index (κ2) is 8.21. The fourth-order valence-corrected chi connectivity index (χ4v) is 5.51. The van der Waals surface area contributed by atoms with E-state index in [1.54, 1.807) is 0 Å². The Bertz CT molecular complexity index is 1790. The maximum atomic E-state index is 5.19. The molecule has 0 aliphatic heterocycles. The lowest BCUT2D eigenvalue weighted by molar-refractivity contribution is 0.659. The van der Waals surface area contributed by atoms with Crippen LogP contribution in [0.4, 0.5) is 0 Å². The minimum Gasteiger partial charge on any atom is -0.247 e. The molecule has 0 unspecified atom stereocenters. The summed E-state index contributed by atoms with van der Waals surface area (Å²) in [6, 6.07) is 36.3. The second-order valence-electron chi connectivity index (χ2n) is 10.2. The Morgan fingerprint density at radius 2 is 1.19 bits per heavy atom. The molecule has 0 radical (unpaired) electrons. The highest BCUT2D eigenvalue weighted by Crippen LogP contribution is 2.49. The second-order valence-corrected chi connectivity index (χ2v) is 10.2. The summed E-state index contributed by atoms with van der Waals surface area (Å²) in [7, 11) is 0. The van der Waals surface area contributed by atoms with Gasteiger partial charge < -0.3 is 0 Å². The predicted molar refractivity (Wildman–Crippen MR) is 151 cm³/mol. The molecule has 3 heterocycles. The standard InChI is InChI=1S/C34H25N3/c1-34(2)29-15-16-31(37-32(29)28-14-13-24(19-30(28)34)22-9-5-3-6-10-22)27-18-25-17-26(20-35-33(25)36-21-27)23-11-7-4-8-12-23/h3-21H,1-2H3. The van der Waals surface area contributed by atoms with Gasteiger partial charge in [0.2, 0.25) is 0 Å². The van der Waals surface area contributed by atoms with Gasteiger partial charge in [-0.25, -0.2) is 15.0 Å². The largest absolute Gasteiger partial charge is 0.247 e. The van der Waals surface area contributed by atoms with Gasteiger partial charge in [-0.05, 0) is 52.1 Å². The van der Waals surface area contributed by atoms with E-state index in [1.807, 2.05) is 30.6 Å². The average molecular weight is 476 g/mol. The normalized spacial score (nSPS) is 13.4. The third-order valence-corrected chi connectivity index (χ3v) is 7.56. The summed E-state index contributed by atoms with van der Waals surface area (Å²) in [5.41, 5.74) is 12.1. The average Bonchev–Trinajstić information content (AvgIpc) is 3.19. The predicted octanol–water partition coefficient (Wildman–Crippen LogP) is 8.33. The van der Waals surface area contributed by atoms with Gasteiger partial charge in [0.1, 0.15) is 0 Å². The van der Waals surface area contributed by atoms with Crippen molar-refractivity contribution in [3.8, 4) is 44.8 Å². The highest BCUT2D eigenvalue weighted by Gasteiger charge is 2.36. The number of nitrogens with zero attached hydrogens (tertiary/aromatic N) is 3. The smallest absolute Gasteiger partial charge is 0.159 e. The minimum atomic E-state index is -0.114. The van der Waals surface area contributed by atoms with E-state index in [0.29, 0.717) is 0 Å². The van der Waals surface area contributed by atoms with Gasteiger partial charge in [0.15, 0.2) is 5.65 Å². The van der Waals surface area contributed by atoms with Crippen molar-refractivity contribution in [1.29, 1.82) is 0 Å². The van der Waals surface area contributed by atoms with Crippen LogP contribution in [0.2, 0.25) is 0 Å². The maximum Gasteiger partial charge on any atom is 0.159 e. The first kappa shape index (κ1) is 21.6. The van der Waals surface area contributed by atoms with Crippen molar-refractivity contribution in [2.45, 2.75) is 19.3 Å². The van der Waals surface area contributed by atoms with Gasteiger partial charge in [-0.2, -0.15) is 0 Å². The lowest BCUT2D eigenvalue weighted by Gasteiger charge is -2.21. The lowest BCUT2D eigenvalue weighted by atomic mass is 9.82. The summed E-state index contributed by atoms with van der Waals surface area (Å²) in [5, 5.41) is 1.01. The zero-order chi connectivity index (χ0) is 25.0. The van der Waals surface area contributed by atoms with E-state index in [4.69, 9.17) is 4.98 Å². The zero-order valence-corrected chi connectivity index (χ0v) is 20.8. The van der Waals surface area contributed by atoms with Crippen molar-refractivity contribution in [2.24, 2.45) is 0 Å². The number of hydrogen-bond acceptors (Lipinski definition) is 3. The van der Waals surface area contributed by atoms with Gasteiger partial charge in [-0.15, -0.1) is 0 Å². The molecule has 0 N–H and O–H groups in total. The van der Waals surface area contributed by atoms with Crippen LogP contribution in [0.1, 0.15) is 25.0 Å². The van der Waals surface area contributed by atoms with E-state index < -0.39 is 0 Å². The number of pyridine rings is 3. The van der Waals surface area contributed by atoms with Crippen molar-refractivity contribution < 1.29 is 0 Å². The Morgan fingerprint density at radius 3 is 1.92 bits per heavy atom. The fourth-order valence-electron chi connectivity index (χ4n) is 5.51. The topological polar surface area (TPSA) is 38.7 Å². The monoisotopic (exact) mass is 475 g/mol. The molecule has 3 nitrogen and oxygen atoms in total.